The fraction of sp³-hybridized carbons (Fsp3) is 0.533. The average molecular weight is 302 g/mol. The number of hydrogen-bond donors (Lipinski definition) is 0. The molecule has 7 heteroatoms. The van der Waals surface area contributed by atoms with Gasteiger partial charge in [-0.2, -0.15) is 5.26 Å². The van der Waals surface area contributed by atoms with Gasteiger partial charge in [0.25, 0.3) is 5.91 Å². The summed E-state index contributed by atoms with van der Waals surface area (Å²) < 4.78 is 10.7. The smallest absolute Gasteiger partial charge is 0.254 e. The van der Waals surface area contributed by atoms with Gasteiger partial charge < -0.3 is 19.3 Å². The minimum Gasteiger partial charge on any atom is -0.376 e. The Bertz CT molecular complexity index is 555. The van der Waals surface area contributed by atoms with Crippen LogP contribution in [-0.4, -0.2) is 67.9 Å². The first-order valence-electron chi connectivity index (χ1n) is 7.37. The summed E-state index contributed by atoms with van der Waals surface area (Å²) in [4.78, 5) is 20.6. The summed E-state index contributed by atoms with van der Waals surface area (Å²) in [7, 11) is 0. The van der Waals surface area contributed by atoms with Crippen molar-refractivity contribution in [2.75, 3.05) is 50.9 Å². The lowest BCUT2D eigenvalue weighted by Gasteiger charge is -2.37. The summed E-state index contributed by atoms with van der Waals surface area (Å²) in [6.45, 7) is 4.10. The Kier molecular flexibility index (Phi) is 4.51. The van der Waals surface area contributed by atoms with Gasteiger partial charge in [-0.3, -0.25) is 4.79 Å². The van der Waals surface area contributed by atoms with E-state index in [1.54, 1.807) is 12.3 Å². The Morgan fingerprint density at radius 2 is 2.09 bits per heavy atom. The van der Waals surface area contributed by atoms with E-state index in [0.29, 0.717) is 38.5 Å². The van der Waals surface area contributed by atoms with Gasteiger partial charge in [0.2, 0.25) is 0 Å². The van der Waals surface area contributed by atoms with Crippen molar-refractivity contribution in [2.24, 2.45) is 0 Å². The van der Waals surface area contributed by atoms with E-state index in [9.17, 15) is 4.79 Å². The van der Waals surface area contributed by atoms with Crippen molar-refractivity contribution in [1.29, 1.82) is 5.26 Å². The highest BCUT2D eigenvalue weighted by Gasteiger charge is 2.30. The van der Waals surface area contributed by atoms with Crippen molar-refractivity contribution in [2.45, 2.75) is 6.10 Å². The van der Waals surface area contributed by atoms with Crippen LogP contribution in [0.1, 0.15) is 5.56 Å². The lowest BCUT2D eigenvalue weighted by molar-refractivity contribution is -0.158. The largest absolute Gasteiger partial charge is 0.376 e. The van der Waals surface area contributed by atoms with Gasteiger partial charge in [0, 0.05) is 32.4 Å². The third-order valence-electron chi connectivity index (χ3n) is 3.88. The number of carbonyl (C=O) groups excluding carboxylic acids is 1. The molecule has 0 aliphatic carbocycles. The predicted molar refractivity (Wildman–Crippen MR) is 78.3 cm³/mol. The van der Waals surface area contributed by atoms with Gasteiger partial charge >= 0.3 is 0 Å². The van der Waals surface area contributed by atoms with Gasteiger partial charge in [-0.1, -0.05) is 0 Å². The fourth-order valence-corrected chi connectivity index (χ4v) is 2.63. The highest BCUT2D eigenvalue weighted by atomic mass is 16.6. The molecule has 3 heterocycles. The molecule has 0 radical (unpaired) electrons. The van der Waals surface area contributed by atoms with Crippen LogP contribution in [0.5, 0.6) is 0 Å². The number of pyridine rings is 1. The number of ether oxygens (including phenoxy) is 2. The molecule has 2 aliphatic rings. The second-order valence-corrected chi connectivity index (χ2v) is 5.26. The van der Waals surface area contributed by atoms with Crippen LogP contribution in [0.2, 0.25) is 0 Å². The summed E-state index contributed by atoms with van der Waals surface area (Å²) in [5.41, 5.74) is 0.548. The SMILES string of the molecule is N#Cc1ccc(N2CCN(C(=O)C3COCCO3)CC2)nc1. The van der Waals surface area contributed by atoms with Crippen LogP contribution in [0, 0.1) is 11.3 Å². The Balaban J connectivity index is 1.55. The van der Waals surface area contributed by atoms with Gasteiger partial charge in [0.15, 0.2) is 6.10 Å². The lowest BCUT2D eigenvalue weighted by atomic mass is 10.2. The van der Waals surface area contributed by atoms with Crippen molar-refractivity contribution in [3.63, 3.8) is 0 Å². The highest BCUT2D eigenvalue weighted by molar-refractivity contribution is 5.81. The van der Waals surface area contributed by atoms with Gasteiger partial charge in [0.1, 0.15) is 11.9 Å². The van der Waals surface area contributed by atoms with Gasteiger partial charge in [0.05, 0.1) is 25.4 Å². The summed E-state index contributed by atoms with van der Waals surface area (Å²) in [5.74, 6) is 0.843. The molecule has 0 N–H and O–H groups in total. The molecule has 22 heavy (non-hydrogen) atoms. The van der Waals surface area contributed by atoms with E-state index < -0.39 is 6.10 Å². The average Bonchev–Trinajstić information content (AvgIpc) is 2.62. The van der Waals surface area contributed by atoms with Crippen molar-refractivity contribution >= 4 is 11.7 Å². The molecule has 3 rings (SSSR count). The number of rotatable bonds is 2. The molecule has 116 valence electrons. The minimum atomic E-state index is -0.465. The zero-order chi connectivity index (χ0) is 15.4. The van der Waals surface area contributed by atoms with E-state index in [-0.39, 0.29) is 5.91 Å². The zero-order valence-electron chi connectivity index (χ0n) is 12.3. The maximum absolute atomic E-state index is 12.3. The molecule has 0 bridgehead atoms. The van der Waals surface area contributed by atoms with Crippen molar-refractivity contribution in [3.8, 4) is 6.07 Å². The van der Waals surface area contributed by atoms with E-state index in [1.165, 1.54) is 0 Å². The molecule has 7 nitrogen and oxygen atoms in total. The maximum atomic E-state index is 12.3. The molecular formula is C15H18N4O3. The van der Waals surface area contributed by atoms with Crippen LogP contribution < -0.4 is 4.90 Å². The molecule has 0 saturated carbocycles. The molecule has 2 fully saturated rings. The first-order chi connectivity index (χ1) is 10.8. The molecule has 0 aromatic carbocycles. The molecule has 0 spiro atoms. The summed E-state index contributed by atoms with van der Waals surface area (Å²) in [6.07, 6.45) is 1.11. The highest BCUT2D eigenvalue weighted by Crippen LogP contribution is 2.15. The van der Waals surface area contributed by atoms with E-state index in [2.05, 4.69) is 16.0 Å². The monoisotopic (exact) mass is 302 g/mol. The van der Waals surface area contributed by atoms with Gasteiger partial charge in [-0.05, 0) is 12.1 Å². The van der Waals surface area contributed by atoms with Crippen molar-refractivity contribution in [3.05, 3.63) is 23.9 Å². The molecule has 1 unspecified atom stereocenters. The molecule has 2 saturated heterocycles. The van der Waals surface area contributed by atoms with E-state index in [1.807, 2.05) is 11.0 Å². The Morgan fingerprint density at radius 3 is 2.68 bits per heavy atom. The number of nitriles is 1. The third-order valence-corrected chi connectivity index (χ3v) is 3.88. The lowest BCUT2D eigenvalue weighted by Crippen LogP contribution is -2.53. The molecule has 1 aromatic heterocycles. The van der Waals surface area contributed by atoms with Crippen LogP contribution in [-0.2, 0) is 14.3 Å². The van der Waals surface area contributed by atoms with E-state index >= 15 is 0 Å². The predicted octanol–water partition coefficient (Wildman–Crippen LogP) is 0.0173. The normalized spacial score (nSPS) is 22.2. The van der Waals surface area contributed by atoms with Gasteiger partial charge in [-0.25, -0.2) is 4.98 Å². The number of aromatic nitrogens is 1. The Labute approximate surface area is 129 Å². The Morgan fingerprint density at radius 1 is 1.27 bits per heavy atom. The zero-order valence-corrected chi connectivity index (χ0v) is 12.3. The summed E-state index contributed by atoms with van der Waals surface area (Å²) >= 11 is 0. The van der Waals surface area contributed by atoms with E-state index in [4.69, 9.17) is 14.7 Å². The molecule has 2 aliphatic heterocycles. The molecular weight excluding hydrogens is 284 g/mol. The number of carbonyl (C=O) groups is 1. The second-order valence-electron chi connectivity index (χ2n) is 5.26. The molecule has 1 amide bonds. The van der Waals surface area contributed by atoms with E-state index in [0.717, 1.165) is 18.9 Å². The van der Waals surface area contributed by atoms with Crippen LogP contribution in [0.25, 0.3) is 0 Å². The number of piperazine rings is 1. The number of nitrogens with zero attached hydrogens (tertiary/aromatic N) is 4. The Hall–Kier alpha value is -2.17. The van der Waals surface area contributed by atoms with Crippen LogP contribution in [0.3, 0.4) is 0 Å². The first kappa shape index (κ1) is 14.8. The quantitative estimate of drug-likeness (QED) is 0.766. The topological polar surface area (TPSA) is 78.7 Å². The number of hydrogen-bond acceptors (Lipinski definition) is 6. The maximum Gasteiger partial charge on any atom is 0.254 e. The summed E-state index contributed by atoms with van der Waals surface area (Å²) in [6, 6.07) is 5.65. The molecule has 1 aromatic rings. The van der Waals surface area contributed by atoms with Crippen molar-refractivity contribution in [1.82, 2.24) is 9.88 Å². The standard InChI is InChI=1S/C15H18N4O3/c16-9-12-1-2-14(17-10-12)18-3-5-19(6-4-18)15(20)13-11-21-7-8-22-13/h1-2,10,13H,3-8,11H2. The minimum absolute atomic E-state index is 0.00661. The third kappa shape index (κ3) is 3.18. The molecule has 1 atom stereocenters. The number of anilines is 1. The fourth-order valence-electron chi connectivity index (χ4n) is 2.63. The van der Waals surface area contributed by atoms with Crippen LogP contribution in [0.15, 0.2) is 18.3 Å². The van der Waals surface area contributed by atoms with Crippen molar-refractivity contribution < 1.29 is 14.3 Å². The second kappa shape index (κ2) is 6.73. The number of amides is 1. The van der Waals surface area contributed by atoms with Crippen LogP contribution in [0.4, 0.5) is 5.82 Å². The summed E-state index contributed by atoms with van der Waals surface area (Å²) in [5, 5.41) is 8.79. The van der Waals surface area contributed by atoms with Crippen LogP contribution >= 0.6 is 0 Å². The van der Waals surface area contributed by atoms with Gasteiger partial charge in [-0.15, -0.1) is 0 Å². The first-order valence-corrected chi connectivity index (χ1v) is 7.37.